The van der Waals surface area contributed by atoms with Crippen LogP contribution in [0.15, 0.2) is 18.2 Å². The molecule has 0 radical (unpaired) electrons. The number of ether oxygens (including phenoxy) is 1. The van der Waals surface area contributed by atoms with E-state index in [0.717, 1.165) is 5.75 Å². The topological polar surface area (TPSA) is 9.23 Å². The average Bonchev–Trinajstić information content (AvgIpc) is 2.65. The zero-order valence-corrected chi connectivity index (χ0v) is 11.1. The summed E-state index contributed by atoms with van der Waals surface area (Å²) in [5.41, 5.74) is 3.15. The van der Waals surface area contributed by atoms with Gasteiger partial charge in [0, 0.05) is 11.5 Å². The van der Waals surface area contributed by atoms with E-state index >= 15 is 0 Å². The maximum absolute atomic E-state index is 6.08. The Morgan fingerprint density at radius 1 is 1.12 bits per heavy atom. The monoisotopic (exact) mass is 230 g/mol. The minimum absolute atomic E-state index is 0.238. The fourth-order valence-corrected chi connectivity index (χ4v) is 3.17. The Balaban J connectivity index is 1.99. The standard InChI is InChI=1S/C16H22O/c1-16(2,3)11-8-9-15-13(10-11)12-6-4-5-7-14(12)17-15/h8-10,12,14H,4-7H2,1-3H3. The lowest BCUT2D eigenvalue weighted by Gasteiger charge is -2.24. The highest BCUT2D eigenvalue weighted by Crippen LogP contribution is 2.46. The first-order chi connectivity index (χ1) is 8.05. The van der Waals surface area contributed by atoms with Crippen LogP contribution in [0.2, 0.25) is 0 Å². The maximum Gasteiger partial charge on any atom is 0.123 e. The average molecular weight is 230 g/mol. The van der Waals surface area contributed by atoms with Crippen molar-refractivity contribution in [3.8, 4) is 5.75 Å². The van der Waals surface area contributed by atoms with Crippen LogP contribution < -0.4 is 4.74 Å². The van der Waals surface area contributed by atoms with Crippen LogP contribution in [0.1, 0.15) is 63.5 Å². The molecule has 2 unspecified atom stereocenters. The van der Waals surface area contributed by atoms with Gasteiger partial charge >= 0.3 is 0 Å². The fraction of sp³-hybridized carbons (Fsp3) is 0.625. The summed E-state index contributed by atoms with van der Waals surface area (Å²) in [6.45, 7) is 6.84. The SMILES string of the molecule is CC(C)(C)c1ccc2c(c1)C1CCCCC1O2. The molecule has 17 heavy (non-hydrogen) atoms. The molecule has 0 bridgehead atoms. The van der Waals surface area contributed by atoms with Gasteiger partial charge < -0.3 is 4.74 Å². The number of rotatable bonds is 0. The molecule has 1 aromatic rings. The Labute approximate surface area is 104 Å². The molecule has 1 heterocycles. The summed E-state index contributed by atoms with van der Waals surface area (Å²) < 4.78 is 6.08. The second-order valence-electron chi connectivity index (χ2n) is 6.55. The predicted molar refractivity (Wildman–Crippen MR) is 70.8 cm³/mol. The van der Waals surface area contributed by atoms with E-state index in [2.05, 4.69) is 39.0 Å². The highest BCUT2D eigenvalue weighted by atomic mass is 16.5. The third-order valence-corrected chi connectivity index (χ3v) is 4.26. The van der Waals surface area contributed by atoms with E-state index in [1.54, 1.807) is 0 Å². The highest BCUT2D eigenvalue weighted by molar-refractivity contribution is 5.45. The van der Waals surface area contributed by atoms with Gasteiger partial charge in [-0.3, -0.25) is 0 Å². The lowest BCUT2D eigenvalue weighted by atomic mass is 9.80. The second kappa shape index (κ2) is 3.76. The van der Waals surface area contributed by atoms with Gasteiger partial charge in [0.1, 0.15) is 11.9 Å². The van der Waals surface area contributed by atoms with Crippen LogP contribution in [-0.4, -0.2) is 6.10 Å². The largest absolute Gasteiger partial charge is 0.489 e. The van der Waals surface area contributed by atoms with Gasteiger partial charge in [0.2, 0.25) is 0 Å². The van der Waals surface area contributed by atoms with Crippen LogP contribution in [0.3, 0.4) is 0 Å². The lowest BCUT2D eigenvalue weighted by Crippen LogP contribution is -2.22. The molecule has 2 aliphatic rings. The molecule has 1 fully saturated rings. The molecule has 1 aliphatic carbocycles. The van der Waals surface area contributed by atoms with E-state index < -0.39 is 0 Å². The molecule has 0 amide bonds. The third-order valence-electron chi connectivity index (χ3n) is 4.26. The normalized spacial score (nSPS) is 27.2. The van der Waals surface area contributed by atoms with E-state index in [1.165, 1.54) is 36.8 Å². The number of hydrogen-bond acceptors (Lipinski definition) is 1. The Morgan fingerprint density at radius 2 is 1.88 bits per heavy atom. The van der Waals surface area contributed by atoms with Crippen LogP contribution in [0, 0.1) is 0 Å². The predicted octanol–water partition coefficient (Wildman–Crippen LogP) is 4.40. The molecule has 0 N–H and O–H groups in total. The highest BCUT2D eigenvalue weighted by Gasteiger charge is 2.36. The lowest BCUT2D eigenvalue weighted by molar-refractivity contribution is 0.164. The van der Waals surface area contributed by atoms with E-state index in [1.807, 2.05) is 0 Å². The van der Waals surface area contributed by atoms with Gasteiger partial charge in [-0.15, -0.1) is 0 Å². The zero-order chi connectivity index (χ0) is 12.0. The molecule has 1 nitrogen and oxygen atoms in total. The van der Waals surface area contributed by atoms with Gasteiger partial charge in [-0.05, 0) is 36.3 Å². The number of fused-ring (bicyclic) bond motifs is 3. The number of benzene rings is 1. The van der Waals surface area contributed by atoms with Crippen molar-refractivity contribution in [3.63, 3.8) is 0 Å². The van der Waals surface area contributed by atoms with E-state index in [-0.39, 0.29) is 5.41 Å². The van der Waals surface area contributed by atoms with Gasteiger partial charge in [0.25, 0.3) is 0 Å². The maximum atomic E-state index is 6.08. The van der Waals surface area contributed by atoms with Crippen molar-refractivity contribution in [2.45, 2.75) is 63.9 Å². The fourth-order valence-electron chi connectivity index (χ4n) is 3.17. The van der Waals surface area contributed by atoms with Gasteiger partial charge in [-0.25, -0.2) is 0 Å². The van der Waals surface area contributed by atoms with Crippen molar-refractivity contribution in [1.82, 2.24) is 0 Å². The summed E-state index contributed by atoms with van der Waals surface area (Å²) >= 11 is 0. The Hall–Kier alpha value is -0.980. The van der Waals surface area contributed by atoms with E-state index in [4.69, 9.17) is 4.74 Å². The molecule has 1 saturated carbocycles. The summed E-state index contributed by atoms with van der Waals surface area (Å²) in [6.07, 6.45) is 5.72. The summed E-state index contributed by atoms with van der Waals surface area (Å²) in [5, 5.41) is 0. The first-order valence-electron chi connectivity index (χ1n) is 6.87. The van der Waals surface area contributed by atoms with Crippen molar-refractivity contribution >= 4 is 0 Å². The van der Waals surface area contributed by atoms with Crippen molar-refractivity contribution < 1.29 is 4.74 Å². The summed E-state index contributed by atoms with van der Waals surface area (Å²) in [6, 6.07) is 6.82. The van der Waals surface area contributed by atoms with Crippen molar-refractivity contribution in [1.29, 1.82) is 0 Å². The van der Waals surface area contributed by atoms with Crippen LogP contribution in [0.25, 0.3) is 0 Å². The molecule has 0 aromatic heterocycles. The molecule has 3 rings (SSSR count). The third kappa shape index (κ3) is 1.86. The Bertz CT molecular complexity index is 428. The molecule has 92 valence electrons. The van der Waals surface area contributed by atoms with E-state index in [9.17, 15) is 0 Å². The first kappa shape index (κ1) is 11.1. The quantitative estimate of drug-likeness (QED) is 0.641. The molecular formula is C16H22O. The summed E-state index contributed by atoms with van der Waals surface area (Å²) in [7, 11) is 0. The van der Waals surface area contributed by atoms with Crippen LogP contribution in [0.4, 0.5) is 0 Å². The van der Waals surface area contributed by atoms with Crippen LogP contribution in [-0.2, 0) is 5.41 Å². The molecular weight excluding hydrogens is 208 g/mol. The molecule has 0 saturated heterocycles. The molecule has 2 atom stereocenters. The Morgan fingerprint density at radius 3 is 2.65 bits per heavy atom. The molecule has 1 heteroatoms. The molecule has 1 aromatic carbocycles. The second-order valence-corrected chi connectivity index (χ2v) is 6.55. The summed E-state index contributed by atoms with van der Waals surface area (Å²) in [4.78, 5) is 0. The van der Waals surface area contributed by atoms with Crippen molar-refractivity contribution in [3.05, 3.63) is 29.3 Å². The molecule has 1 aliphatic heterocycles. The minimum atomic E-state index is 0.238. The summed E-state index contributed by atoms with van der Waals surface area (Å²) in [5.74, 6) is 1.82. The smallest absolute Gasteiger partial charge is 0.123 e. The van der Waals surface area contributed by atoms with Gasteiger partial charge in [-0.1, -0.05) is 39.3 Å². The molecule has 0 spiro atoms. The van der Waals surface area contributed by atoms with E-state index in [0.29, 0.717) is 12.0 Å². The van der Waals surface area contributed by atoms with Crippen molar-refractivity contribution in [2.75, 3.05) is 0 Å². The Kier molecular flexibility index (Phi) is 2.46. The van der Waals surface area contributed by atoms with Crippen LogP contribution in [0.5, 0.6) is 5.75 Å². The minimum Gasteiger partial charge on any atom is -0.489 e. The van der Waals surface area contributed by atoms with Gasteiger partial charge in [0.05, 0.1) is 0 Å². The first-order valence-corrected chi connectivity index (χ1v) is 6.87. The van der Waals surface area contributed by atoms with Crippen molar-refractivity contribution in [2.24, 2.45) is 0 Å². The zero-order valence-electron chi connectivity index (χ0n) is 11.1. The number of hydrogen-bond donors (Lipinski definition) is 0. The van der Waals surface area contributed by atoms with Gasteiger partial charge in [-0.2, -0.15) is 0 Å². The van der Waals surface area contributed by atoms with Gasteiger partial charge in [0.15, 0.2) is 0 Å². The van der Waals surface area contributed by atoms with Crippen LogP contribution >= 0.6 is 0 Å².